The molecule has 3 aliphatic rings. The van der Waals surface area contributed by atoms with Crippen LogP contribution in [0.3, 0.4) is 0 Å². The minimum atomic E-state index is -0.949. The van der Waals surface area contributed by atoms with Gasteiger partial charge in [-0.05, 0) is 56.8 Å². The Morgan fingerprint density at radius 1 is 1.04 bits per heavy atom. The van der Waals surface area contributed by atoms with E-state index in [4.69, 9.17) is 4.74 Å². The molecule has 0 aromatic rings. The number of hydrogen-bond donors (Lipinski definition) is 2. The summed E-state index contributed by atoms with van der Waals surface area (Å²) in [5, 5.41) is 21.7. The van der Waals surface area contributed by atoms with Crippen LogP contribution in [0.15, 0.2) is 12.2 Å². The number of carbonyl (C=O) groups is 1. The van der Waals surface area contributed by atoms with Crippen molar-refractivity contribution in [2.24, 2.45) is 29.1 Å². The van der Waals surface area contributed by atoms with Crippen LogP contribution >= 0.6 is 0 Å². The van der Waals surface area contributed by atoms with Crippen LogP contribution in [0.25, 0.3) is 0 Å². The van der Waals surface area contributed by atoms with Crippen LogP contribution in [0.2, 0.25) is 0 Å². The molecule has 0 saturated heterocycles. The zero-order chi connectivity index (χ0) is 20.5. The van der Waals surface area contributed by atoms with Crippen molar-refractivity contribution in [3.8, 4) is 0 Å². The summed E-state index contributed by atoms with van der Waals surface area (Å²) >= 11 is 0. The molecule has 160 valence electrons. The number of aliphatic hydroxyl groups excluding tert-OH is 2. The molecule has 6 atom stereocenters. The van der Waals surface area contributed by atoms with Gasteiger partial charge in [-0.2, -0.15) is 0 Å². The second-order valence-corrected chi connectivity index (χ2v) is 10.5. The van der Waals surface area contributed by atoms with Gasteiger partial charge in [-0.1, -0.05) is 46.1 Å². The van der Waals surface area contributed by atoms with Gasteiger partial charge in [0.05, 0.1) is 12.2 Å². The van der Waals surface area contributed by atoms with Crippen molar-refractivity contribution >= 4 is 5.97 Å². The van der Waals surface area contributed by atoms with Crippen LogP contribution in [-0.4, -0.2) is 34.0 Å². The minimum absolute atomic E-state index is 0.0352. The fourth-order valence-electron chi connectivity index (χ4n) is 6.13. The van der Waals surface area contributed by atoms with E-state index in [0.717, 1.165) is 32.1 Å². The van der Waals surface area contributed by atoms with E-state index in [-0.39, 0.29) is 23.7 Å². The minimum Gasteiger partial charge on any atom is -0.453 e. The molecule has 0 spiro atoms. The molecule has 0 amide bonds. The summed E-state index contributed by atoms with van der Waals surface area (Å²) in [4.78, 5) is 12.7. The summed E-state index contributed by atoms with van der Waals surface area (Å²) in [5.74, 6) is 1.17. The molecule has 0 aliphatic heterocycles. The molecule has 0 aromatic carbocycles. The molecule has 0 heterocycles. The molecule has 3 rings (SSSR count). The molecule has 4 heteroatoms. The van der Waals surface area contributed by atoms with Gasteiger partial charge in [0.25, 0.3) is 0 Å². The second-order valence-electron chi connectivity index (χ2n) is 10.5. The largest absolute Gasteiger partial charge is 0.453 e. The average Bonchev–Trinajstić information content (AvgIpc) is 2.66. The maximum absolute atomic E-state index is 12.7. The van der Waals surface area contributed by atoms with E-state index in [9.17, 15) is 15.0 Å². The normalized spacial score (nSPS) is 42.5. The molecule has 0 aromatic heterocycles. The first-order valence-electron chi connectivity index (χ1n) is 11.4. The third-order valence-electron chi connectivity index (χ3n) is 8.37. The van der Waals surface area contributed by atoms with Crippen molar-refractivity contribution in [2.75, 3.05) is 0 Å². The SMILES string of the molecule is CC(C)[C@@H]1CC[C@]2(C)C(C1)[C@@](C)(OC(=O)/C=C/C1CCCCC1)[C@H](O)C[C@H]2O. The lowest BCUT2D eigenvalue weighted by molar-refractivity contribution is -0.238. The van der Waals surface area contributed by atoms with E-state index in [2.05, 4.69) is 20.8 Å². The maximum Gasteiger partial charge on any atom is 0.331 e. The molecule has 0 radical (unpaired) electrons. The van der Waals surface area contributed by atoms with Gasteiger partial charge >= 0.3 is 5.97 Å². The second kappa shape index (κ2) is 8.47. The Morgan fingerprint density at radius 3 is 2.36 bits per heavy atom. The Balaban J connectivity index is 1.77. The molecule has 3 fully saturated rings. The number of carbonyl (C=O) groups excluding carboxylic acids is 1. The zero-order valence-corrected chi connectivity index (χ0v) is 18.2. The molecule has 3 saturated carbocycles. The molecular formula is C24H40O4. The summed E-state index contributed by atoms with van der Waals surface area (Å²) in [7, 11) is 0. The number of hydrogen-bond acceptors (Lipinski definition) is 4. The summed E-state index contributed by atoms with van der Waals surface area (Å²) in [6.45, 7) is 8.48. The number of esters is 1. The number of ether oxygens (including phenoxy) is 1. The Morgan fingerprint density at radius 2 is 1.71 bits per heavy atom. The van der Waals surface area contributed by atoms with Crippen LogP contribution in [0.4, 0.5) is 0 Å². The van der Waals surface area contributed by atoms with Gasteiger partial charge in [0, 0.05) is 23.8 Å². The highest BCUT2D eigenvalue weighted by atomic mass is 16.6. The Hall–Kier alpha value is -0.870. The first kappa shape index (κ1) is 21.8. The first-order valence-corrected chi connectivity index (χ1v) is 11.4. The standard InChI is InChI=1S/C24H40O4/c1-16(2)18-12-13-23(3)19(14-18)24(4,21(26)15-20(23)25)28-22(27)11-10-17-8-6-5-7-9-17/h10-11,16-21,25-26H,5-9,12-15H2,1-4H3/b11-10+/t18-,19?,20-,21-,23-,24-/m1/s1. The third kappa shape index (κ3) is 4.18. The van der Waals surface area contributed by atoms with Crippen LogP contribution in [0.5, 0.6) is 0 Å². The van der Waals surface area contributed by atoms with E-state index < -0.39 is 17.8 Å². The van der Waals surface area contributed by atoms with E-state index in [1.54, 1.807) is 6.08 Å². The smallest absolute Gasteiger partial charge is 0.331 e. The molecule has 3 aliphatic carbocycles. The number of rotatable bonds is 4. The van der Waals surface area contributed by atoms with Crippen LogP contribution < -0.4 is 0 Å². The molecule has 28 heavy (non-hydrogen) atoms. The van der Waals surface area contributed by atoms with Crippen molar-refractivity contribution in [1.29, 1.82) is 0 Å². The van der Waals surface area contributed by atoms with Gasteiger partial charge in [0.2, 0.25) is 0 Å². The topological polar surface area (TPSA) is 66.8 Å². The summed E-state index contributed by atoms with van der Waals surface area (Å²) in [6, 6.07) is 0. The lowest BCUT2D eigenvalue weighted by Crippen LogP contribution is -2.65. The molecule has 0 bridgehead atoms. The van der Waals surface area contributed by atoms with E-state index >= 15 is 0 Å². The van der Waals surface area contributed by atoms with Gasteiger partial charge < -0.3 is 14.9 Å². The van der Waals surface area contributed by atoms with E-state index in [0.29, 0.717) is 17.8 Å². The molecule has 2 N–H and O–H groups in total. The van der Waals surface area contributed by atoms with E-state index in [1.165, 1.54) is 19.3 Å². The van der Waals surface area contributed by atoms with Crippen LogP contribution in [-0.2, 0) is 9.53 Å². The Bertz CT molecular complexity index is 579. The predicted molar refractivity (Wildman–Crippen MR) is 111 cm³/mol. The van der Waals surface area contributed by atoms with Crippen molar-refractivity contribution in [3.63, 3.8) is 0 Å². The highest BCUT2D eigenvalue weighted by Crippen LogP contribution is 2.57. The van der Waals surface area contributed by atoms with Gasteiger partial charge in [-0.15, -0.1) is 0 Å². The van der Waals surface area contributed by atoms with Crippen LogP contribution in [0.1, 0.15) is 85.5 Å². The fraction of sp³-hybridized carbons (Fsp3) is 0.875. The third-order valence-corrected chi connectivity index (χ3v) is 8.37. The average molecular weight is 393 g/mol. The maximum atomic E-state index is 12.7. The van der Waals surface area contributed by atoms with Gasteiger partial charge in [-0.3, -0.25) is 0 Å². The van der Waals surface area contributed by atoms with Crippen LogP contribution in [0, 0.1) is 29.1 Å². The van der Waals surface area contributed by atoms with Gasteiger partial charge in [0.15, 0.2) is 0 Å². The van der Waals surface area contributed by atoms with Crippen molar-refractivity contribution in [2.45, 2.75) is 103 Å². The summed E-state index contributed by atoms with van der Waals surface area (Å²) in [6.07, 6.45) is 11.4. The Kier molecular flexibility index (Phi) is 6.61. The zero-order valence-electron chi connectivity index (χ0n) is 18.2. The summed E-state index contributed by atoms with van der Waals surface area (Å²) in [5.41, 5.74) is -1.26. The van der Waals surface area contributed by atoms with Gasteiger partial charge in [0.1, 0.15) is 5.60 Å². The lowest BCUT2D eigenvalue weighted by Gasteiger charge is -2.59. The summed E-state index contributed by atoms with van der Waals surface area (Å²) < 4.78 is 6.01. The number of allylic oxidation sites excluding steroid dienone is 1. The lowest BCUT2D eigenvalue weighted by atomic mass is 9.50. The predicted octanol–water partition coefficient (Wildman–Crippen LogP) is 4.63. The number of fused-ring (bicyclic) bond motifs is 1. The quantitative estimate of drug-likeness (QED) is 0.541. The first-order chi connectivity index (χ1) is 13.2. The number of aliphatic hydroxyl groups is 2. The van der Waals surface area contributed by atoms with Crippen molar-refractivity contribution in [1.82, 2.24) is 0 Å². The fourth-order valence-corrected chi connectivity index (χ4v) is 6.13. The van der Waals surface area contributed by atoms with E-state index in [1.807, 2.05) is 13.0 Å². The van der Waals surface area contributed by atoms with Crippen molar-refractivity contribution < 1.29 is 19.7 Å². The highest BCUT2D eigenvalue weighted by Gasteiger charge is 2.61. The van der Waals surface area contributed by atoms with Crippen molar-refractivity contribution in [3.05, 3.63) is 12.2 Å². The molecule has 1 unspecified atom stereocenters. The molecular weight excluding hydrogens is 352 g/mol. The highest BCUT2D eigenvalue weighted by molar-refractivity contribution is 5.82. The van der Waals surface area contributed by atoms with Gasteiger partial charge in [-0.25, -0.2) is 4.79 Å². The Labute approximate surface area is 170 Å². The monoisotopic (exact) mass is 392 g/mol. The molecule has 4 nitrogen and oxygen atoms in total.